The Kier molecular flexibility index (Phi) is 5.11. The van der Waals surface area contributed by atoms with Gasteiger partial charge in [0.15, 0.2) is 0 Å². The maximum Gasteiger partial charge on any atom is 0.145 e. The summed E-state index contributed by atoms with van der Waals surface area (Å²) >= 11 is 18.0. The zero-order valence-corrected chi connectivity index (χ0v) is 13.7. The number of nitrogens with zero attached hydrogens (tertiary/aromatic N) is 2. The van der Waals surface area contributed by atoms with E-state index in [2.05, 4.69) is 20.7 Å². The van der Waals surface area contributed by atoms with Gasteiger partial charge in [0.2, 0.25) is 0 Å². The second-order valence-electron chi connectivity index (χ2n) is 4.67. The zero-order valence-electron chi connectivity index (χ0n) is 11.4. The first kappa shape index (κ1) is 16.1. The van der Waals surface area contributed by atoms with Crippen molar-refractivity contribution in [2.24, 2.45) is 5.84 Å². The molecule has 8 heteroatoms. The smallest absolute Gasteiger partial charge is 0.145 e. The summed E-state index contributed by atoms with van der Waals surface area (Å²) in [5, 5.41) is 4.32. The van der Waals surface area contributed by atoms with Gasteiger partial charge in [-0.2, -0.15) is 0 Å². The second kappa shape index (κ2) is 6.66. The highest BCUT2D eigenvalue weighted by atomic mass is 35.5. The first-order chi connectivity index (χ1) is 9.90. The standard InChI is InChI=1S/C13H14Cl3N5/c1-6(2)13-19-11(5-12(20-13)21-17)18-10-4-8(15)7(14)3-9(10)16/h3-6H,17H2,1-2H3,(H2,18,19,20,21). The molecular weight excluding hydrogens is 333 g/mol. The van der Waals surface area contributed by atoms with E-state index in [4.69, 9.17) is 40.6 Å². The SMILES string of the molecule is CC(C)c1nc(NN)cc(Nc2cc(Cl)c(Cl)cc2Cl)n1. The Labute approximate surface area is 137 Å². The summed E-state index contributed by atoms with van der Waals surface area (Å²) in [6.07, 6.45) is 0. The molecule has 1 aromatic carbocycles. The number of nitrogens with two attached hydrogens (primary N) is 1. The Morgan fingerprint density at radius 3 is 2.19 bits per heavy atom. The van der Waals surface area contributed by atoms with E-state index in [0.717, 1.165) is 0 Å². The molecule has 0 amide bonds. The predicted molar refractivity (Wildman–Crippen MR) is 88.7 cm³/mol. The number of benzene rings is 1. The molecule has 2 rings (SSSR count). The lowest BCUT2D eigenvalue weighted by atomic mass is 10.2. The molecule has 0 atom stereocenters. The molecule has 0 saturated heterocycles. The summed E-state index contributed by atoms with van der Waals surface area (Å²) < 4.78 is 0. The monoisotopic (exact) mass is 345 g/mol. The van der Waals surface area contributed by atoms with Gasteiger partial charge in [0.1, 0.15) is 17.5 Å². The fraction of sp³-hybridized carbons (Fsp3) is 0.231. The van der Waals surface area contributed by atoms with Gasteiger partial charge >= 0.3 is 0 Å². The van der Waals surface area contributed by atoms with Crippen molar-refractivity contribution in [2.45, 2.75) is 19.8 Å². The molecule has 112 valence electrons. The van der Waals surface area contributed by atoms with E-state index >= 15 is 0 Å². The maximum atomic E-state index is 6.14. The summed E-state index contributed by atoms with van der Waals surface area (Å²) in [5.41, 5.74) is 3.11. The van der Waals surface area contributed by atoms with Crippen LogP contribution in [-0.4, -0.2) is 9.97 Å². The first-order valence-corrected chi connectivity index (χ1v) is 7.31. The van der Waals surface area contributed by atoms with Crippen molar-refractivity contribution >= 4 is 52.1 Å². The molecular formula is C13H14Cl3N5. The molecule has 0 unspecified atom stereocenters. The van der Waals surface area contributed by atoms with Crippen LogP contribution in [0.2, 0.25) is 15.1 Å². The van der Waals surface area contributed by atoms with Crippen molar-refractivity contribution in [3.63, 3.8) is 0 Å². The van der Waals surface area contributed by atoms with Crippen LogP contribution < -0.4 is 16.6 Å². The number of rotatable bonds is 4. The average molecular weight is 347 g/mol. The molecule has 4 N–H and O–H groups in total. The van der Waals surface area contributed by atoms with Gasteiger partial charge in [0.25, 0.3) is 0 Å². The number of hydrogen-bond acceptors (Lipinski definition) is 5. The second-order valence-corrected chi connectivity index (χ2v) is 5.89. The number of nitrogen functional groups attached to an aromatic ring is 1. The van der Waals surface area contributed by atoms with Crippen LogP contribution in [0.1, 0.15) is 25.6 Å². The number of aromatic nitrogens is 2. The van der Waals surface area contributed by atoms with Crippen LogP contribution >= 0.6 is 34.8 Å². The van der Waals surface area contributed by atoms with Gasteiger partial charge in [-0.3, -0.25) is 0 Å². The van der Waals surface area contributed by atoms with Crippen LogP contribution in [0.25, 0.3) is 0 Å². The van der Waals surface area contributed by atoms with E-state index < -0.39 is 0 Å². The number of nitrogens with one attached hydrogen (secondary N) is 2. The lowest BCUT2D eigenvalue weighted by Gasteiger charge is -2.13. The largest absolute Gasteiger partial charge is 0.339 e. The van der Waals surface area contributed by atoms with E-state index in [1.54, 1.807) is 18.2 Å². The zero-order chi connectivity index (χ0) is 15.6. The Hall–Kier alpha value is -1.27. The quantitative estimate of drug-likeness (QED) is 0.429. The Morgan fingerprint density at radius 1 is 0.952 bits per heavy atom. The first-order valence-electron chi connectivity index (χ1n) is 6.18. The lowest BCUT2D eigenvalue weighted by molar-refractivity contribution is 0.777. The maximum absolute atomic E-state index is 6.14. The summed E-state index contributed by atoms with van der Waals surface area (Å²) in [6, 6.07) is 4.88. The fourth-order valence-electron chi connectivity index (χ4n) is 1.62. The minimum Gasteiger partial charge on any atom is -0.339 e. The molecule has 2 aromatic rings. The molecule has 0 aliphatic heterocycles. The minimum atomic E-state index is 0.156. The summed E-state index contributed by atoms with van der Waals surface area (Å²) in [7, 11) is 0. The van der Waals surface area contributed by atoms with Crippen LogP contribution in [0.15, 0.2) is 18.2 Å². The summed E-state index contributed by atoms with van der Waals surface area (Å²) in [4.78, 5) is 8.70. The molecule has 0 spiro atoms. The molecule has 0 saturated carbocycles. The molecule has 0 fully saturated rings. The third-order valence-corrected chi connectivity index (χ3v) is 3.72. The number of hydrazine groups is 1. The Balaban J connectivity index is 2.39. The van der Waals surface area contributed by atoms with Gasteiger partial charge in [-0.25, -0.2) is 15.8 Å². The molecule has 5 nitrogen and oxygen atoms in total. The van der Waals surface area contributed by atoms with Gasteiger partial charge in [-0.1, -0.05) is 48.7 Å². The van der Waals surface area contributed by atoms with Crippen LogP contribution in [0.5, 0.6) is 0 Å². The van der Waals surface area contributed by atoms with Crippen molar-refractivity contribution < 1.29 is 0 Å². The molecule has 1 aromatic heterocycles. The molecule has 0 bridgehead atoms. The Morgan fingerprint density at radius 2 is 1.57 bits per heavy atom. The van der Waals surface area contributed by atoms with E-state index in [1.165, 1.54) is 0 Å². The van der Waals surface area contributed by atoms with E-state index in [1.807, 2.05) is 13.8 Å². The van der Waals surface area contributed by atoms with Crippen molar-refractivity contribution in [1.29, 1.82) is 0 Å². The third-order valence-electron chi connectivity index (χ3n) is 2.68. The number of hydrogen-bond donors (Lipinski definition) is 3. The van der Waals surface area contributed by atoms with Crippen molar-refractivity contribution in [2.75, 3.05) is 10.7 Å². The molecule has 0 radical (unpaired) electrons. The predicted octanol–water partition coefficient (Wildman–Crippen LogP) is 4.59. The average Bonchev–Trinajstić information content (AvgIpc) is 2.44. The van der Waals surface area contributed by atoms with Gasteiger partial charge < -0.3 is 10.7 Å². The molecule has 0 aliphatic carbocycles. The normalized spacial score (nSPS) is 10.8. The molecule has 0 aliphatic rings. The highest BCUT2D eigenvalue weighted by Gasteiger charge is 2.11. The minimum absolute atomic E-state index is 0.156. The van der Waals surface area contributed by atoms with E-state index in [9.17, 15) is 0 Å². The van der Waals surface area contributed by atoms with Gasteiger partial charge in [0.05, 0.1) is 20.8 Å². The van der Waals surface area contributed by atoms with E-state index in [0.29, 0.717) is 38.2 Å². The summed E-state index contributed by atoms with van der Waals surface area (Å²) in [6.45, 7) is 3.98. The van der Waals surface area contributed by atoms with Crippen LogP contribution in [0.3, 0.4) is 0 Å². The van der Waals surface area contributed by atoms with Crippen molar-refractivity contribution in [3.05, 3.63) is 39.1 Å². The van der Waals surface area contributed by atoms with Crippen LogP contribution in [0, 0.1) is 0 Å². The van der Waals surface area contributed by atoms with Crippen LogP contribution in [0.4, 0.5) is 17.3 Å². The van der Waals surface area contributed by atoms with Gasteiger partial charge in [-0.05, 0) is 12.1 Å². The highest BCUT2D eigenvalue weighted by Crippen LogP contribution is 2.34. The van der Waals surface area contributed by atoms with Crippen molar-refractivity contribution in [3.8, 4) is 0 Å². The number of anilines is 3. The van der Waals surface area contributed by atoms with E-state index in [-0.39, 0.29) is 5.92 Å². The fourth-order valence-corrected chi connectivity index (χ4v) is 2.21. The topological polar surface area (TPSA) is 75.9 Å². The molecule has 21 heavy (non-hydrogen) atoms. The van der Waals surface area contributed by atoms with Crippen LogP contribution in [-0.2, 0) is 0 Å². The summed E-state index contributed by atoms with van der Waals surface area (Å²) in [5.74, 6) is 7.30. The molecule has 1 heterocycles. The third kappa shape index (κ3) is 3.89. The van der Waals surface area contributed by atoms with Gasteiger partial charge in [-0.15, -0.1) is 0 Å². The Bertz CT molecular complexity index is 660. The highest BCUT2D eigenvalue weighted by molar-refractivity contribution is 6.44. The van der Waals surface area contributed by atoms with Crippen molar-refractivity contribution in [1.82, 2.24) is 9.97 Å². The van der Waals surface area contributed by atoms with Gasteiger partial charge in [0, 0.05) is 12.0 Å². The number of halogens is 3. The lowest BCUT2D eigenvalue weighted by Crippen LogP contribution is -2.12.